The number of nitrogens with one attached hydrogen (secondary N) is 2. The minimum Gasteiger partial charge on any atom is -0.326 e. The van der Waals surface area contributed by atoms with E-state index in [0.717, 1.165) is 8.95 Å². The Balaban J connectivity index is 1.54. The van der Waals surface area contributed by atoms with Crippen LogP contribution >= 0.6 is 31.9 Å². The molecule has 0 spiro atoms. The second-order valence-electron chi connectivity index (χ2n) is 8.03. The van der Waals surface area contributed by atoms with Gasteiger partial charge in [-0.05, 0) is 55.3 Å². The molecule has 0 fully saturated rings. The van der Waals surface area contributed by atoms with Crippen LogP contribution in [-0.4, -0.2) is 17.6 Å². The van der Waals surface area contributed by atoms with Crippen molar-refractivity contribution >= 4 is 60.8 Å². The van der Waals surface area contributed by atoms with Crippen molar-refractivity contribution in [3.63, 3.8) is 0 Å². The third-order valence-electron chi connectivity index (χ3n) is 5.74. The Morgan fingerprint density at radius 1 is 0.706 bits per heavy atom. The first-order valence-electron chi connectivity index (χ1n) is 10.8. The number of anilines is 2. The van der Waals surface area contributed by atoms with Gasteiger partial charge in [-0.25, -0.2) is 0 Å². The number of carbonyl (C=O) groups is 3. The zero-order valence-corrected chi connectivity index (χ0v) is 21.3. The highest BCUT2D eigenvalue weighted by Gasteiger charge is 2.34. The molecule has 0 aliphatic heterocycles. The Hall–Kier alpha value is -3.03. The third kappa shape index (κ3) is 5.72. The van der Waals surface area contributed by atoms with Gasteiger partial charge in [0, 0.05) is 25.8 Å². The normalized spacial score (nSPS) is 17.1. The van der Waals surface area contributed by atoms with Gasteiger partial charge in [0.25, 0.3) is 0 Å². The zero-order chi connectivity index (χ0) is 24.1. The second-order valence-corrected chi connectivity index (χ2v) is 9.86. The number of halogens is 2. The van der Waals surface area contributed by atoms with Gasteiger partial charge in [0.15, 0.2) is 5.78 Å². The number of amides is 2. The molecule has 0 radical (unpaired) electrons. The maximum Gasteiger partial charge on any atom is 0.228 e. The van der Waals surface area contributed by atoms with E-state index in [1.165, 1.54) is 0 Å². The molecule has 172 valence electrons. The second kappa shape index (κ2) is 10.9. The van der Waals surface area contributed by atoms with E-state index in [4.69, 9.17) is 0 Å². The lowest BCUT2D eigenvalue weighted by Crippen LogP contribution is -2.37. The average Bonchev–Trinajstić information content (AvgIpc) is 2.86. The van der Waals surface area contributed by atoms with Crippen LogP contribution in [0.4, 0.5) is 11.4 Å². The van der Waals surface area contributed by atoms with Gasteiger partial charge >= 0.3 is 0 Å². The number of rotatable bonds is 6. The molecule has 1 aliphatic rings. The maximum atomic E-state index is 13.3. The van der Waals surface area contributed by atoms with E-state index < -0.39 is 11.8 Å². The lowest BCUT2D eigenvalue weighted by molar-refractivity contribution is -0.129. The Morgan fingerprint density at radius 2 is 1.29 bits per heavy atom. The Morgan fingerprint density at radius 3 is 1.94 bits per heavy atom. The molecule has 2 atom stereocenters. The van der Waals surface area contributed by atoms with Crippen molar-refractivity contribution < 1.29 is 14.4 Å². The van der Waals surface area contributed by atoms with Gasteiger partial charge in [0.1, 0.15) is 0 Å². The Kier molecular flexibility index (Phi) is 7.75. The van der Waals surface area contributed by atoms with Gasteiger partial charge in [0.2, 0.25) is 11.8 Å². The molecule has 2 unspecified atom stereocenters. The third-order valence-corrected chi connectivity index (χ3v) is 6.76. The summed E-state index contributed by atoms with van der Waals surface area (Å²) in [5, 5.41) is 5.83. The number of ketones is 1. The number of allylic oxidation sites excluding steroid dienone is 2. The van der Waals surface area contributed by atoms with Crippen LogP contribution in [0.25, 0.3) is 0 Å². The Bertz CT molecular complexity index is 1240. The fourth-order valence-corrected chi connectivity index (χ4v) is 4.57. The quantitative estimate of drug-likeness (QED) is 0.254. The van der Waals surface area contributed by atoms with Crippen LogP contribution in [0.1, 0.15) is 28.8 Å². The number of hydrogen-bond acceptors (Lipinski definition) is 3. The maximum absolute atomic E-state index is 13.3. The largest absolute Gasteiger partial charge is 0.326 e. The van der Waals surface area contributed by atoms with Gasteiger partial charge in [0.05, 0.1) is 17.5 Å². The van der Waals surface area contributed by atoms with Crippen LogP contribution in [0.2, 0.25) is 0 Å². The van der Waals surface area contributed by atoms with Gasteiger partial charge in [-0.15, -0.1) is 0 Å². The van der Waals surface area contributed by atoms with Crippen molar-refractivity contribution in [2.45, 2.75) is 12.8 Å². The van der Waals surface area contributed by atoms with Crippen molar-refractivity contribution in [3.8, 4) is 0 Å². The van der Waals surface area contributed by atoms with E-state index in [9.17, 15) is 14.4 Å². The van der Waals surface area contributed by atoms with E-state index in [-0.39, 0.29) is 17.6 Å². The summed E-state index contributed by atoms with van der Waals surface area (Å²) < 4.78 is 1.65. The molecule has 7 heteroatoms. The molecule has 2 amide bonds. The SMILES string of the molecule is O=C(c1ccccc1)c1cc(Br)ccc1NC(=O)C1CC=CCC1C(=O)Nc1ccc(Br)cc1. The summed E-state index contributed by atoms with van der Waals surface area (Å²) in [6.45, 7) is 0. The monoisotopic (exact) mass is 580 g/mol. The molecular formula is C27H22Br2N2O3. The van der Waals surface area contributed by atoms with Gasteiger partial charge in [-0.1, -0.05) is 74.3 Å². The van der Waals surface area contributed by atoms with Crippen LogP contribution in [0.3, 0.4) is 0 Å². The van der Waals surface area contributed by atoms with Gasteiger partial charge in [-0.2, -0.15) is 0 Å². The first kappa shape index (κ1) is 24.1. The zero-order valence-electron chi connectivity index (χ0n) is 18.1. The molecule has 0 saturated heterocycles. The van der Waals surface area contributed by atoms with E-state index in [2.05, 4.69) is 42.5 Å². The van der Waals surface area contributed by atoms with Crippen molar-refractivity contribution in [1.82, 2.24) is 0 Å². The van der Waals surface area contributed by atoms with Crippen molar-refractivity contribution in [2.75, 3.05) is 10.6 Å². The fourth-order valence-electron chi connectivity index (χ4n) is 3.95. The molecule has 4 rings (SSSR count). The summed E-state index contributed by atoms with van der Waals surface area (Å²) in [6.07, 6.45) is 4.77. The van der Waals surface area contributed by atoms with Crippen LogP contribution < -0.4 is 10.6 Å². The molecule has 2 N–H and O–H groups in total. The molecule has 3 aromatic rings. The van der Waals surface area contributed by atoms with Crippen molar-refractivity contribution in [2.24, 2.45) is 11.8 Å². The first-order valence-corrected chi connectivity index (χ1v) is 12.4. The minimum absolute atomic E-state index is 0.190. The smallest absolute Gasteiger partial charge is 0.228 e. The predicted molar refractivity (Wildman–Crippen MR) is 141 cm³/mol. The van der Waals surface area contributed by atoms with Crippen LogP contribution in [-0.2, 0) is 9.59 Å². The molecule has 0 heterocycles. The lowest BCUT2D eigenvalue weighted by Gasteiger charge is -2.27. The number of carbonyl (C=O) groups excluding carboxylic acids is 3. The fraction of sp³-hybridized carbons (Fsp3) is 0.148. The highest BCUT2D eigenvalue weighted by Crippen LogP contribution is 2.30. The minimum atomic E-state index is -0.552. The summed E-state index contributed by atoms with van der Waals surface area (Å²) in [5.74, 6) is -1.75. The summed E-state index contributed by atoms with van der Waals surface area (Å²) in [7, 11) is 0. The van der Waals surface area contributed by atoms with E-state index in [1.807, 2.05) is 30.4 Å². The van der Waals surface area contributed by atoms with E-state index in [1.54, 1.807) is 54.6 Å². The molecule has 0 bridgehead atoms. The molecule has 0 saturated carbocycles. The number of benzene rings is 3. The molecule has 1 aliphatic carbocycles. The summed E-state index contributed by atoms with van der Waals surface area (Å²) in [5.41, 5.74) is 2.01. The van der Waals surface area contributed by atoms with Gasteiger partial charge in [-0.3, -0.25) is 14.4 Å². The van der Waals surface area contributed by atoms with Crippen molar-refractivity contribution in [3.05, 3.63) is 105 Å². The molecule has 5 nitrogen and oxygen atoms in total. The topological polar surface area (TPSA) is 75.3 Å². The van der Waals surface area contributed by atoms with E-state index in [0.29, 0.717) is 35.3 Å². The van der Waals surface area contributed by atoms with Gasteiger partial charge < -0.3 is 10.6 Å². The standard InChI is InChI=1S/C27H22Br2N2O3/c28-18-10-13-20(14-11-18)30-26(33)21-8-4-5-9-22(21)27(34)31-24-15-12-19(29)16-23(24)25(32)17-6-2-1-3-7-17/h1-7,10-16,21-22H,8-9H2,(H,30,33)(H,31,34). The van der Waals surface area contributed by atoms with E-state index >= 15 is 0 Å². The first-order chi connectivity index (χ1) is 16.4. The molecule has 34 heavy (non-hydrogen) atoms. The van der Waals surface area contributed by atoms with Crippen LogP contribution in [0.5, 0.6) is 0 Å². The molecule has 3 aromatic carbocycles. The average molecular weight is 582 g/mol. The highest BCUT2D eigenvalue weighted by molar-refractivity contribution is 9.10. The summed E-state index contributed by atoms with van der Waals surface area (Å²) in [4.78, 5) is 39.5. The Labute approximate surface area is 214 Å². The van der Waals surface area contributed by atoms with Crippen LogP contribution in [0, 0.1) is 11.8 Å². The summed E-state index contributed by atoms with van der Waals surface area (Å²) in [6, 6.07) is 21.4. The molecular weight excluding hydrogens is 560 g/mol. The lowest BCUT2D eigenvalue weighted by atomic mass is 9.81. The summed E-state index contributed by atoms with van der Waals surface area (Å²) >= 11 is 6.80. The molecule has 0 aromatic heterocycles. The van der Waals surface area contributed by atoms with Crippen molar-refractivity contribution in [1.29, 1.82) is 0 Å². The van der Waals surface area contributed by atoms with Crippen LogP contribution in [0.15, 0.2) is 93.9 Å². The highest BCUT2D eigenvalue weighted by atomic mass is 79.9. The number of hydrogen-bond donors (Lipinski definition) is 2. The predicted octanol–water partition coefficient (Wildman–Crippen LogP) is 6.60.